The quantitative estimate of drug-likeness (QED) is 0.633. The van der Waals surface area contributed by atoms with Crippen molar-refractivity contribution in [3.05, 3.63) is 28.0 Å². The van der Waals surface area contributed by atoms with Crippen molar-refractivity contribution in [1.29, 1.82) is 5.26 Å². The molecule has 0 amide bonds. The minimum absolute atomic E-state index is 0.267. The Bertz CT molecular complexity index is 304. The number of pyridine rings is 1. The molecule has 0 saturated heterocycles. The average Bonchev–Trinajstić information content (AvgIpc) is 1.95. The van der Waals surface area contributed by atoms with Gasteiger partial charge >= 0.3 is 0 Å². The van der Waals surface area contributed by atoms with Crippen LogP contribution in [0.2, 0.25) is 10.2 Å². The zero-order valence-electron chi connectivity index (χ0n) is 5.51. The lowest BCUT2D eigenvalue weighted by Gasteiger charge is -1.96. The highest BCUT2D eigenvalue weighted by atomic mass is 35.5. The molecule has 2 nitrogen and oxygen atoms in total. The molecule has 1 aromatic heterocycles. The van der Waals surface area contributed by atoms with Crippen molar-refractivity contribution >= 4 is 23.2 Å². The van der Waals surface area contributed by atoms with Gasteiger partial charge in [-0.1, -0.05) is 23.2 Å². The predicted molar refractivity (Wildman–Crippen MR) is 43.6 cm³/mol. The SMILES string of the molecule is N#CCc1cnc(Cl)cc1Cl. The summed E-state index contributed by atoms with van der Waals surface area (Å²) in [7, 11) is 0. The summed E-state index contributed by atoms with van der Waals surface area (Å²) < 4.78 is 0. The molecular weight excluding hydrogens is 183 g/mol. The van der Waals surface area contributed by atoms with Crippen LogP contribution < -0.4 is 0 Å². The Labute approximate surface area is 74.4 Å². The van der Waals surface area contributed by atoms with Gasteiger partial charge in [-0.05, 0) is 6.07 Å². The van der Waals surface area contributed by atoms with Gasteiger partial charge in [0.2, 0.25) is 0 Å². The Morgan fingerprint density at radius 2 is 2.27 bits per heavy atom. The molecule has 0 aliphatic rings. The van der Waals surface area contributed by atoms with Gasteiger partial charge in [-0.15, -0.1) is 0 Å². The van der Waals surface area contributed by atoms with Crippen molar-refractivity contribution in [2.24, 2.45) is 0 Å². The van der Waals surface area contributed by atoms with E-state index in [2.05, 4.69) is 4.98 Å². The maximum Gasteiger partial charge on any atom is 0.130 e. The summed E-state index contributed by atoms with van der Waals surface area (Å²) in [5, 5.41) is 9.18. The molecule has 0 aliphatic carbocycles. The molecule has 11 heavy (non-hydrogen) atoms. The zero-order valence-corrected chi connectivity index (χ0v) is 7.02. The van der Waals surface area contributed by atoms with Gasteiger partial charge in [0.05, 0.1) is 12.5 Å². The van der Waals surface area contributed by atoms with Crippen LogP contribution in [-0.4, -0.2) is 4.98 Å². The van der Waals surface area contributed by atoms with Gasteiger partial charge in [-0.25, -0.2) is 4.98 Å². The Morgan fingerprint density at radius 3 is 2.82 bits per heavy atom. The Kier molecular flexibility index (Phi) is 2.70. The van der Waals surface area contributed by atoms with E-state index in [9.17, 15) is 0 Å². The molecule has 4 heteroatoms. The van der Waals surface area contributed by atoms with Gasteiger partial charge in [0, 0.05) is 16.8 Å². The first-order chi connectivity index (χ1) is 5.24. The number of rotatable bonds is 1. The standard InChI is InChI=1S/C7H4Cl2N2/c8-6-3-7(9)11-4-5(6)1-2-10/h3-4H,1H2. The fourth-order valence-electron chi connectivity index (χ4n) is 0.651. The molecule has 0 N–H and O–H groups in total. The highest BCUT2D eigenvalue weighted by Gasteiger charge is 2.00. The van der Waals surface area contributed by atoms with Crippen LogP contribution >= 0.6 is 23.2 Å². The molecule has 1 heterocycles. The minimum Gasteiger partial charge on any atom is -0.244 e. The predicted octanol–water partition coefficient (Wildman–Crippen LogP) is 2.45. The van der Waals surface area contributed by atoms with Gasteiger partial charge in [0.15, 0.2) is 0 Å². The molecule has 0 unspecified atom stereocenters. The largest absolute Gasteiger partial charge is 0.244 e. The van der Waals surface area contributed by atoms with Crippen molar-refractivity contribution in [2.75, 3.05) is 0 Å². The van der Waals surface area contributed by atoms with Crippen molar-refractivity contribution < 1.29 is 0 Å². The fraction of sp³-hybridized carbons (Fsp3) is 0.143. The van der Waals surface area contributed by atoms with Gasteiger partial charge in [0.1, 0.15) is 5.15 Å². The van der Waals surface area contributed by atoms with E-state index in [1.165, 1.54) is 12.3 Å². The molecule has 0 spiro atoms. The third-order valence-electron chi connectivity index (χ3n) is 1.17. The number of nitriles is 1. The second-order valence-corrected chi connectivity index (χ2v) is 2.73. The third kappa shape index (κ3) is 2.07. The monoisotopic (exact) mass is 186 g/mol. The molecule has 0 radical (unpaired) electrons. The molecule has 0 fully saturated rings. The van der Waals surface area contributed by atoms with E-state index in [0.717, 1.165) is 0 Å². The third-order valence-corrected chi connectivity index (χ3v) is 1.72. The lowest BCUT2D eigenvalue weighted by Crippen LogP contribution is -1.85. The minimum atomic E-state index is 0.267. The molecule has 0 bridgehead atoms. The van der Waals surface area contributed by atoms with Crippen LogP contribution in [0.15, 0.2) is 12.3 Å². The lowest BCUT2D eigenvalue weighted by atomic mass is 10.2. The molecule has 0 saturated carbocycles. The summed E-state index contributed by atoms with van der Waals surface area (Å²) in [4.78, 5) is 3.79. The first-order valence-electron chi connectivity index (χ1n) is 2.91. The number of nitrogens with zero attached hydrogens (tertiary/aromatic N) is 2. The maximum absolute atomic E-state index is 8.34. The van der Waals surface area contributed by atoms with E-state index >= 15 is 0 Å². The van der Waals surface area contributed by atoms with Crippen LogP contribution in [-0.2, 0) is 6.42 Å². The summed E-state index contributed by atoms with van der Waals surface area (Å²) in [6, 6.07) is 3.50. The molecule has 1 aromatic rings. The summed E-state index contributed by atoms with van der Waals surface area (Å²) in [5.74, 6) is 0. The lowest BCUT2D eigenvalue weighted by molar-refractivity contribution is 1.19. The molecule has 0 aliphatic heterocycles. The van der Waals surface area contributed by atoms with Crippen molar-refractivity contribution in [1.82, 2.24) is 4.98 Å². The van der Waals surface area contributed by atoms with Crippen molar-refractivity contribution in [3.8, 4) is 6.07 Å². The van der Waals surface area contributed by atoms with E-state index in [-0.39, 0.29) is 6.42 Å². The molecule has 1 rings (SSSR count). The normalized spacial score (nSPS) is 9.18. The van der Waals surface area contributed by atoms with E-state index in [4.69, 9.17) is 28.5 Å². The highest BCUT2D eigenvalue weighted by Crippen LogP contribution is 2.18. The Morgan fingerprint density at radius 1 is 1.55 bits per heavy atom. The number of aromatic nitrogens is 1. The first kappa shape index (κ1) is 8.32. The maximum atomic E-state index is 8.34. The van der Waals surface area contributed by atoms with Gasteiger partial charge in [0.25, 0.3) is 0 Å². The first-order valence-corrected chi connectivity index (χ1v) is 3.66. The van der Waals surface area contributed by atoms with E-state index in [1.807, 2.05) is 6.07 Å². The Balaban J connectivity index is 3.01. The Hall–Kier alpha value is -0.780. The smallest absolute Gasteiger partial charge is 0.130 e. The number of hydrogen-bond acceptors (Lipinski definition) is 2. The molecule has 0 atom stereocenters. The van der Waals surface area contributed by atoms with Crippen LogP contribution in [0, 0.1) is 11.3 Å². The van der Waals surface area contributed by atoms with Crippen molar-refractivity contribution in [3.63, 3.8) is 0 Å². The highest BCUT2D eigenvalue weighted by molar-refractivity contribution is 6.34. The van der Waals surface area contributed by atoms with Gasteiger partial charge in [-0.3, -0.25) is 0 Å². The molecule has 0 aromatic carbocycles. The van der Waals surface area contributed by atoms with Gasteiger partial charge in [-0.2, -0.15) is 5.26 Å². The number of hydrogen-bond donors (Lipinski definition) is 0. The van der Waals surface area contributed by atoms with Crippen LogP contribution in [0.25, 0.3) is 0 Å². The molecular formula is C7H4Cl2N2. The van der Waals surface area contributed by atoms with Crippen LogP contribution in [0.5, 0.6) is 0 Å². The van der Waals surface area contributed by atoms with Gasteiger partial charge < -0.3 is 0 Å². The fourth-order valence-corrected chi connectivity index (χ4v) is 1.08. The van der Waals surface area contributed by atoms with Crippen LogP contribution in [0.1, 0.15) is 5.56 Å². The van der Waals surface area contributed by atoms with E-state index in [0.29, 0.717) is 15.7 Å². The summed E-state index contributed by atoms with van der Waals surface area (Å²) in [6.07, 6.45) is 1.77. The second-order valence-electron chi connectivity index (χ2n) is 1.93. The zero-order chi connectivity index (χ0) is 8.27. The second kappa shape index (κ2) is 3.56. The van der Waals surface area contributed by atoms with Crippen LogP contribution in [0.3, 0.4) is 0 Å². The topological polar surface area (TPSA) is 36.7 Å². The van der Waals surface area contributed by atoms with Crippen molar-refractivity contribution in [2.45, 2.75) is 6.42 Å². The average molecular weight is 187 g/mol. The van der Waals surface area contributed by atoms with E-state index < -0.39 is 0 Å². The summed E-state index contributed by atoms with van der Waals surface area (Å²) in [5.41, 5.74) is 0.707. The van der Waals surface area contributed by atoms with E-state index in [1.54, 1.807) is 0 Å². The molecule has 56 valence electrons. The van der Waals surface area contributed by atoms with Crippen LogP contribution in [0.4, 0.5) is 0 Å². The summed E-state index contributed by atoms with van der Waals surface area (Å²) in [6.45, 7) is 0. The number of halogens is 2. The summed E-state index contributed by atoms with van der Waals surface area (Å²) >= 11 is 11.3.